The molecule has 1 N–H and O–H groups in total. The standard InChI is InChI=1S/C18H18FN3O2S/c1-9-16-10(4-5-20-9)6-14(25-16)17-21-15-12(18(23)24-3)7-11(19)8-13(15)22(17)2/h6-9,20H,4-5H2,1-3H3. The molecule has 0 saturated heterocycles. The Labute approximate surface area is 148 Å². The van der Waals surface area contributed by atoms with Crippen LogP contribution in [0.5, 0.6) is 0 Å². The number of nitrogens with zero attached hydrogens (tertiary/aromatic N) is 2. The smallest absolute Gasteiger partial charge is 0.340 e. The third-order valence-corrected chi connectivity index (χ3v) is 6.01. The zero-order chi connectivity index (χ0) is 17.7. The molecule has 0 spiro atoms. The van der Waals surface area contributed by atoms with Gasteiger partial charge in [0.15, 0.2) is 5.82 Å². The van der Waals surface area contributed by atoms with Crippen LogP contribution < -0.4 is 5.32 Å². The van der Waals surface area contributed by atoms with E-state index in [9.17, 15) is 9.18 Å². The maximum absolute atomic E-state index is 14.0. The lowest BCUT2D eigenvalue weighted by Gasteiger charge is -2.19. The molecule has 1 atom stereocenters. The number of fused-ring (bicyclic) bond motifs is 2. The SMILES string of the molecule is COC(=O)c1cc(F)cc2c1nc(-c1cc3c(s1)C(C)NCC3)n2C. The summed E-state index contributed by atoms with van der Waals surface area (Å²) in [5.74, 6) is -0.333. The summed E-state index contributed by atoms with van der Waals surface area (Å²) < 4.78 is 20.6. The van der Waals surface area contributed by atoms with Crippen molar-refractivity contribution in [1.82, 2.24) is 14.9 Å². The molecule has 1 aliphatic heterocycles. The van der Waals surface area contributed by atoms with Crippen LogP contribution >= 0.6 is 11.3 Å². The van der Waals surface area contributed by atoms with E-state index in [1.165, 1.54) is 29.7 Å². The first kappa shape index (κ1) is 16.2. The molecule has 0 amide bonds. The van der Waals surface area contributed by atoms with Gasteiger partial charge in [-0.05, 0) is 43.7 Å². The molecule has 0 bridgehead atoms. The number of carbonyl (C=O) groups excluding carboxylic acids is 1. The third kappa shape index (κ3) is 2.54. The van der Waals surface area contributed by atoms with Gasteiger partial charge in [0.05, 0.1) is 23.1 Å². The maximum Gasteiger partial charge on any atom is 0.340 e. The lowest BCUT2D eigenvalue weighted by molar-refractivity contribution is 0.0602. The summed E-state index contributed by atoms with van der Waals surface area (Å²) >= 11 is 1.69. The summed E-state index contributed by atoms with van der Waals surface area (Å²) in [5, 5.41) is 3.46. The van der Waals surface area contributed by atoms with Crippen molar-refractivity contribution in [2.45, 2.75) is 19.4 Å². The van der Waals surface area contributed by atoms with Crippen LogP contribution in [0.3, 0.4) is 0 Å². The van der Waals surface area contributed by atoms with Gasteiger partial charge >= 0.3 is 5.97 Å². The van der Waals surface area contributed by atoms with E-state index in [-0.39, 0.29) is 5.56 Å². The van der Waals surface area contributed by atoms with Gasteiger partial charge in [0.1, 0.15) is 11.3 Å². The molecule has 0 aliphatic carbocycles. The summed E-state index contributed by atoms with van der Waals surface area (Å²) in [6.07, 6.45) is 0.988. The van der Waals surface area contributed by atoms with Gasteiger partial charge in [-0.15, -0.1) is 11.3 Å². The summed E-state index contributed by atoms with van der Waals surface area (Å²) in [6, 6.07) is 5.05. The number of benzene rings is 1. The van der Waals surface area contributed by atoms with Crippen LogP contribution in [0.4, 0.5) is 4.39 Å². The summed E-state index contributed by atoms with van der Waals surface area (Å²) in [4.78, 5) is 19.0. The van der Waals surface area contributed by atoms with Crippen LogP contribution in [0, 0.1) is 5.82 Å². The molecular formula is C18H18FN3O2S. The number of methoxy groups -OCH3 is 1. The van der Waals surface area contributed by atoms with Crippen molar-refractivity contribution in [2.24, 2.45) is 7.05 Å². The minimum Gasteiger partial charge on any atom is -0.465 e. The van der Waals surface area contributed by atoms with Gasteiger partial charge in [0.2, 0.25) is 0 Å². The molecule has 1 aliphatic rings. The monoisotopic (exact) mass is 359 g/mol. The van der Waals surface area contributed by atoms with Gasteiger partial charge in [-0.1, -0.05) is 0 Å². The normalized spacial score (nSPS) is 16.9. The molecule has 4 rings (SSSR count). The molecule has 3 heterocycles. The number of esters is 1. The van der Waals surface area contributed by atoms with Gasteiger partial charge in [-0.2, -0.15) is 0 Å². The summed E-state index contributed by atoms with van der Waals surface area (Å²) in [6.45, 7) is 3.11. The number of hydrogen-bond donors (Lipinski definition) is 1. The van der Waals surface area contributed by atoms with E-state index in [0.717, 1.165) is 23.7 Å². The number of aryl methyl sites for hydroxylation is 1. The average Bonchev–Trinajstić information content (AvgIpc) is 3.16. The van der Waals surface area contributed by atoms with Crippen LogP contribution in [-0.4, -0.2) is 29.2 Å². The van der Waals surface area contributed by atoms with E-state index in [1.54, 1.807) is 11.3 Å². The van der Waals surface area contributed by atoms with E-state index in [4.69, 9.17) is 4.74 Å². The first-order chi connectivity index (χ1) is 12.0. The van der Waals surface area contributed by atoms with E-state index < -0.39 is 11.8 Å². The molecule has 1 aromatic carbocycles. The molecule has 0 radical (unpaired) electrons. The van der Waals surface area contributed by atoms with E-state index in [0.29, 0.717) is 17.1 Å². The molecule has 2 aromatic heterocycles. The van der Waals surface area contributed by atoms with Gasteiger partial charge in [-0.25, -0.2) is 14.2 Å². The molecule has 3 aromatic rings. The van der Waals surface area contributed by atoms with Crippen molar-refractivity contribution >= 4 is 28.3 Å². The second-order valence-corrected chi connectivity index (χ2v) is 7.32. The number of carbonyl (C=O) groups is 1. The maximum atomic E-state index is 14.0. The molecule has 130 valence electrons. The number of ether oxygens (including phenoxy) is 1. The van der Waals surface area contributed by atoms with Crippen molar-refractivity contribution in [3.63, 3.8) is 0 Å². The van der Waals surface area contributed by atoms with E-state index >= 15 is 0 Å². The lowest BCUT2D eigenvalue weighted by Crippen LogP contribution is -2.26. The largest absolute Gasteiger partial charge is 0.465 e. The number of thiophene rings is 1. The van der Waals surface area contributed by atoms with Crippen LogP contribution in [-0.2, 0) is 18.2 Å². The minimum absolute atomic E-state index is 0.149. The minimum atomic E-state index is -0.586. The molecular weight excluding hydrogens is 341 g/mol. The number of rotatable bonds is 2. The second-order valence-electron chi connectivity index (χ2n) is 6.23. The number of hydrogen-bond acceptors (Lipinski definition) is 5. The molecule has 5 nitrogen and oxygen atoms in total. The fourth-order valence-corrected chi connectivity index (χ4v) is 4.63. The van der Waals surface area contributed by atoms with Crippen molar-refractivity contribution in [1.29, 1.82) is 0 Å². The van der Waals surface area contributed by atoms with Gasteiger partial charge < -0.3 is 14.6 Å². The van der Waals surface area contributed by atoms with Gasteiger partial charge in [0, 0.05) is 18.0 Å². The average molecular weight is 359 g/mol. The van der Waals surface area contributed by atoms with Crippen LogP contribution in [0.2, 0.25) is 0 Å². The Kier molecular flexibility index (Phi) is 3.85. The lowest BCUT2D eigenvalue weighted by atomic mass is 10.1. The molecule has 7 heteroatoms. The highest BCUT2D eigenvalue weighted by molar-refractivity contribution is 7.15. The molecule has 25 heavy (non-hydrogen) atoms. The van der Waals surface area contributed by atoms with Crippen LogP contribution in [0.1, 0.15) is 33.8 Å². The van der Waals surface area contributed by atoms with Crippen molar-refractivity contribution in [2.75, 3.05) is 13.7 Å². The quantitative estimate of drug-likeness (QED) is 0.712. The zero-order valence-electron chi connectivity index (χ0n) is 14.2. The van der Waals surface area contributed by atoms with E-state index in [2.05, 4.69) is 23.3 Å². The van der Waals surface area contributed by atoms with Crippen molar-refractivity contribution in [3.8, 4) is 10.7 Å². The first-order valence-corrected chi connectivity index (χ1v) is 8.92. The zero-order valence-corrected chi connectivity index (χ0v) is 15.0. The Morgan fingerprint density at radius 2 is 2.24 bits per heavy atom. The summed E-state index contributed by atoms with van der Waals surface area (Å²) in [7, 11) is 3.12. The number of nitrogens with one attached hydrogen (secondary N) is 1. The Hall–Kier alpha value is -2.25. The predicted molar refractivity (Wildman–Crippen MR) is 95.4 cm³/mol. The highest BCUT2D eigenvalue weighted by Crippen LogP contribution is 2.38. The molecule has 0 fully saturated rings. The van der Waals surface area contributed by atoms with Gasteiger partial charge in [-0.3, -0.25) is 0 Å². The first-order valence-electron chi connectivity index (χ1n) is 8.10. The van der Waals surface area contributed by atoms with Crippen LogP contribution in [0.25, 0.3) is 21.7 Å². The Bertz CT molecular complexity index is 992. The predicted octanol–water partition coefficient (Wildman–Crippen LogP) is 3.43. The second kappa shape index (κ2) is 5.93. The number of halogens is 1. The Morgan fingerprint density at radius 1 is 1.44 bits per heavy atom. The molecule has 1 unspecified atom stereocenters. The Morgan fingerprint density at radius 3 is 2.96 bits per heavy atom. The fourth-order valence-electron chi connectivity index (χ4n) is 3.37. The summed E-state index contributed by atoms with van der Waals surface area (Å²) in [5.41, 5.74) is 2.52. The number of aromatic nitrogens is 2. The van der Waals surface area contributed by atoms with Crippen molar-refractivity contribution < 1.29 is 13.9 Å². The van der Waals surface area contributed by atoms with Gasteiger partial charge in [0.25, 0.3) is 0 Å². The highest BCUT2D eigenvalue weighted by atomic mass is 32.1. The molecule has 0 saturated carbocycles. The number of imidazole rings is 1. The van der Waals surface area contributed by atoms with Crippen molar-refractivity contribution in [3.05, 3.63) is 40.0 Å². The topological polar surface area (TPSA) is 56.1 Å². The Balaban J connectivity index is 1.92. The van der Waals surface area contributed by atoms with Crippen LogP contribution in [0.15, 0.2) is 18.2 Å². The highest BCUT2D eigenvalue weighted by Gasteiger charge is 2.23. The third-order valence-electron chi connectivity index (χ3n) is 4.66. The fraction of sp³-hybridized carbons (Fsp3) is 0.333. The van der Waals surface area contributed by atoms with E-state index in [1.807, 2.05) is 11.6 Å².